The van der Waals surface area contributed by atoms with Gasteiger partial charge in [0.15, 0.2) is 0 Å². The van der Waals surface area contributed by atoms with Gasteiger partial charge in [-0.1, -0.05) is 12.1 Å². The summed E-state index contributed by atoms with van der Waals surface area (Å²) < 4.78 is 12.9. The summed E-state index contributed by atoms with van der Waals surface area (Å²) in [5.41, 5.74) is 0.568. The molecule has 0 fully saturated rings. The fourth-order valence-corrected chi connectivity index (χ4v) is 1.46. The first kappa shape index (κ1) is 15.6. The number of carbonyl (C=O) groups excluding carboxylic acids is 2. The average Bonchev–Trinajstić information content (AvgIpc) is 2.36. The molecule has 20 heavy (non-hydrogen) atoms. The van der Waals surface area contributed by atoms with Gasteiger partial charge in [0, 0.05) is 19.4 Å². The lowest BCUT2D eigenvalue weighted by molar-refractivity contribution is -0.137. The summed E-state index contributed by atoms with van der Waals surface area (Å²) in [6.07, 6.45) is -0.00361. The van der Waals surface area contributed by atoms with Crippen LogP contribution >= 0.6 is 0 Å². The highest BCUT2D eigenvalue weighted by Gasteiger charge is 2.08. The van der Waals surface area contributed by atoms with Crippen molar-refractivity contribution in [2.45, 2.75) is 25.8 Å². The van der Waals surface area contributed by atoms with Gasteiger partial charge >= 0.3 is 12.0 Å². The lowest BCUT2D eigenvalue weighted by Crippen LogP contribution is -2.39. The molecule has 0 atom stereocenters. The number of rotatable bonds is 6. The number of benzene rings is 1. The van der Waals surface area contributed by atoms with Crippen molar-refractivity contribution in [2.24, 2.45) is 0 Å². The van der Waals surface area contributed by atoms with Crippen molar-refractivity contribution in [1.29, 1.82) is 0 Å². The molecule has 7 heteroatoms. The molecule has 0 unspecified atom stereocenters. The summed E-state index contributed by atoms with van der Waals surface area (Å²) >= 11 is 0. The van der Waals surface area contributed by atoms with E-state index in [-0.39, 0.29) is 25.8 Å². The van der Waals surface area contributed by atoms with Crippen molar-refractivity contribution in [3.8, 4) is 0 Å². The Balaban J connectivity index is 2.26. The highest BCUT2D eigenvalue weighted by Crippen LogP contribution is 2.02. The van der Waals surface area contributed by atoms with Crippen molar-refractivity contribution in [3.63, 3.8) is 0 Å². The molecule has 0 heterocycles. The molecule has 3 amide bonds. The zero-order chi connectivity index (χ0) is 15.0. The molecule has 1 rings (SSSR count). The van der Waals surface area contributed by atoms with Gasteiger partial charge in [0.05, 0.1) is 0 Å². The van der Waals surface area contributed by atoms with Crippen LogP contribution in [0.15, 0.2) is 24.3 Å². The molecule has 0 aliphatic heterocycles. The monoisotopic (exact) mass is 282 g/mol. The van der Waals surface area contributed by atoms with E-state index in [9.17, 15) is 18.8 Å². The van der Waals surface area contributed by atoms with Gasteiger partial charge in [-0.05, 0) is 24.1 Å². The van der Waals surface area contributed by atoms with Gasteiger partial charge in [0.25, 0.3) is 0 Å². The molecular weight excluding hydrogens is 267 g/mol. The van der Waals surface area contributed by atoms with Crippen LogP contribution in [0.1, 0.15) is 24.8 Å². The van der Waals surface area contributed by atoms with E-state index in [1.165, 1.54) is 18.2 Å². The van der Waals surface area contributed by atoms with Gasteiger partial charge in [0.1, 0.15) is 5.82 Å². The molecule has 0 spiro atoms. The van der Waals surface area contributed by atoms with Crippen LogP contribution in [0.5, 0.6) is 0 Å². The first-order valence-electron chi connectivity index (χ1n) is 6.01. The third-order valence-electron chi connectivity index (χ3n) is 2.39. The third kappa shape index (κ3) is 6.48. The van der Waals surface area contributed by atoms with Crippen molar-refractivity contribution in [1.82, 2.24) is 10.6 Å². The normalized spacial score (nSPS) is 9.85. The van der Waals surface area contributed by atoms with E-state index < -0.39 is 23.7 Å². The predicted octanol–water partition coefficient (Wildman–Crippen LogP) is 1.41. The Morgan fingerprint density at radius 2 is 1.95 bits per heavy atom. The Hall–Kier alpha value is -2.44. The molecule has 0 aliphatic carbocycles. The summed E-state index contributed by atoms with van der Waals surface area (Å²) in [5.74, 6) is -1.95. The summed E-state index contributed by atoms with van der Waals surface area (Å²) in [7, 11) is 0. The zero-order valence-corrected chi connectivity index (χ0v) is 10.7. The average molecular weight is 282 g/mol. The standard InChI is InChI=1S/C13H15FN2O4/c14-10-4-1-3-9(7-10)8-15-13(20)16-11(17)5-2-6-12(18)19/h1,3-4,7H,2,5-6,8H2,(H,18,19)(H2,15,16,17,20). The molecule has 0 bridgehead atoms. The fourth-order valence-electron chi connectivity index (χ4n) is 1.46. The Morgan fingerprint density at radius 3 is 2.60 bits per heavy atom. The van der Waals surface area contributed by atoms with Gasteiger partial charge in [-0.15, -0.1) is 0 Å². The molecule has 0 aliphatic rings. The van der Waals surface area contributed by atoms with Crippen LogP contribution in [-0.2, 0) is 16.1 Å². The first-order chi connectivity index (χ1) is 9.47. The summed E-state index contributed by atoms with van der Waals surface area (Å²) in [5, 5.41) is 12.9. The number of carboxylic acid groups (broad SMARTS) is 1. The van der Waals surface area contributed by atoms with Gasteiger partial charge in [-0.2, -0.15) is 0 Å². The maximum atomic E-state index is 12.9. The fraction of sp³-hybridized carbons (Fsp3) is 0.308. The second-order valence-electron chi connectivity index (χ2n) is 4.11. The van der Waals surface area contributed by atoms with E-state index in [0.29, 0.717) is 5.56 Å². The third-order valence-corrected chi connectivity index (χ3v) is 2.39. The van der Waals surface area contributed by atoms with E-state index in [1.54, 1.807) is 6.07 Å². The minimum absolute atomic E-state index is 0.0420. The number of halogens is 1. The molecule has 0 saturated carbocycles. The van der Waals surface area contributed by atoms with Crippen molar-refractivity contribution >= 4 is 17.9 Å². The lowest BCUT2D eigenvalue weighted by Gasteiger charge is -2.06. The van der Waals surface area contributed by atoms with Gasteiger partial charge in [-0.25, -0.2) is 9.18 Å². The summed E-state index contributed by atoms with van der Waals surface area (Å²) in [6.45, 7) is 0.0893. The number of hydrogen-bond donors (Lipinski definition) is 3. The number of nitrogens with one attached hydrogen (secondary N) is 2. The van der Waals surface area contributed by atoms with Crippen molar-refractivity contribution < 1.29 is 23.9 Å². The minimum Gasteiger partial charge on any atom is -0.481 e. The molecule has 0 aromatic heterocycles. The number of carboxylic acids is 1. The number of amides is 3. The topological polar surface area (TPSA) is 95.5 Å². The molecule has 1 aromatic carbocycles. The largest absolute Gasteiger partial charge is 0.481 e. The smallest absolute Gasteiger partial charge is 0.321 e. The number of hydrogen-bond acceptors (Lipinski definition) is 3. The Morgan fingerprint density at radius 1 is 1.20 bits per heavy atom. The van der Waals surface area contributed by atoms with Crippen LogP contribution in [0.25, 0.3) is 0 Å². The van der Waals surface area contributed by atoms with Gasteiger partial charge < -0.3 is 10.4 Å². The highest BCUT2D eigenvalue weighted by atomic mass is 19.1. The Kier molecular flexibility index (Phi) is 6.15. The van der Waals surface area contributed by atoms with Gasteiger partial charge in [0.2, 0.25) is 5.91 Å². The predicted molar refractivity (Wildman–Crippen MR) is 68.3 cm³/mol. The first-order valence-corrected chi connectivity index (χ1v) is 6.01. The molecule has 108 valence electrons. The van der Waals surface area contributed by atoms with Crippen molar-refractivity contribution in [2.75, 3.05) is 0 Å². The Bertz CT molecular complexity index is 505. The minimum atomic E-state index is -0.992. The van der Waals surface area contributed by atoms with Crippen LogP contribution in [0.2, 0.25) is 0 Å². The second kappa shape index (κ2) is 7.88. The summed E-state index contributed by atoms with van der Waals surface area (Å²) in [4.78, 5) is 32.9. The van der Waals surface area contributed by atoms with Crippen LogP contribution in [0.4, 0.5) is 9.18 Å². The molecule has 0 radical (unpaired) electrons. The summed E-state index contributed by atoms with van der Waals surface area (Å²) in [6, 6.07) is 5.01. The van der Waals surface area contributed by atoms with Crippen LogP contribution < -0.4 is 10.6 Å². The van der Waals surface area contributed by atoms with E-state index in [1.807, 2.05) is 0 Å². The number of carbonyl (C=O) groups is 3. The van der Waals surface area contributed by atoms with Crippen LogP contribution in [0.3, 0.4) is 0 Å². The lowest BCUT2D eigenvalue weighted by atomic mass is 10.2. The SMILES string of the molecule is O=C(O)CCCC(=O)NC(=O)NCc1cccc(F)c1. The zero-order valence-electron chi connectivity index (χ0n) is 10.7. The number of urea groups is 1. The van der Waals surface area contributed by atoms with Crippen LogP contribution in [-0.4, -0.2) is 23.0 Å². The quantitative estimate of drug-likeness (QED) is 0.735. The van der Waals surface area contributed by atoms with E-state index in [4.69, 9.17) is 5.11 Å². The van der Waals surface area contributed by atoms with Crippen LogP contribution in [0, 0.1) is 5.82 Å². The van der Waals surface area contributed by atoms with E-state index in [0.717, 1.165) is 0 Å². The number of aliphatic carboxylic acids is 1. The molecular formula is C13H15FN2O4. The van der Waals surface area contributed by atoms with E-state index >= 15 is 0 Å². The van der Waals surface area contributed by atoms with E-state index in [2.05, 4.69) is 10.6 Å². The maximum Gasteiger partial charge on any atom is 0.321 e. The van der Waals surface area contributed by atoms with Gasteiger partial charge in [-0.3, -0.25) is 14.9 Å². The molecule has 6 nitrogen and oxygen atoms in total. The second-order valence-corrected chi connectivity index (χ2v) is 4.11. The molecule has 3 N–H and O–H groups in total. The Labute approximate surface area is 115 Å². The molecule has 0 saturated heterocycles. The highest BCUT2D eigenvalue weighted by molar-refractivity contribution is 5.94. The van der Waals surface area contributed by atoms with Crippen molar-refractivity contribution in [3.05, 3.63) is 35.6 Å². The molecule has 1 aromatic rings. The number of imide groups is 1. The maximum absolute atomic E-state index is 12.9.